The molecular formula is C22H28N4O3. The van der Waals surface area contributed by atoms with Gasteiger partial charge in [-0.05, 0) is 63.3 Å². The van der Waals surface area contributed by atoms with E-state index < -0.39 is 0 Å². The van der Waals surface area contributed by atoms with Crippen molar-refractivity contribution in [3.05, 3.63) is 53.5 Å². The maximum Gasteiger partial charge on any atom is 0.259 e. The standard InChI is InChI=1S/C22H28N4O3/c1-4-29-21-19(6-5-8-24-21)22(28)26-9-7-16(14-26)10-17-11-18(13-23-12-17)20(27)25-15(2)3/h5-6,8,11-13,15-16H,4,7,9-10,14H2,1-3H3,(H,25,27). The fourth-order valence-electron chi connectivity index (χ4n) is 3.56. The van der Waals surface area contributed by atoms with Crippen LogP contribution in [-0.4, -0.2) is 52.4 Å². The second-order valence-electron chi connectivity index (χ2n) is 7.61. The average molecular weight is 396 g/mol. The molecule has 2 aromatic heterocycles. The summed E-state index contributed by atoms with van der Waals surface area (Å²) in [6, 6.07) is 5.48. The Morgan fingerprint density at radius 2 is 2.17 bits per heavy atom. The molecular weight excluding hydrogens is 368 g/mol. The molecule has 0 spiro atoms. The zero-order valence-electron chi connectivity index (χ0n) is 17.2. The van der Waals surface area contributed by atoms with Crippen LogP contribution in [0.1, 0.15) is 53.5 Å². The number of amides is 2. The van der Waals surface area contributed by atoms with Crippen LogP contribution in [0.4, 0.5) is 0 Å². The molecule has 2 aromatic rings. The van der Waals surface area contributed by atoms with Crippen molar-refractivity contribution in [1.29, 1.82) is 0 Å². The fourth-order valence-corrected chi connectivity index (χ4v) is 3.56. The Kier molecular flexibility index (Phi) is 6.80. The number of likely N-dealkylation sites (tertiary alicyclic amines) is 1. The molecule has 3 rings (SSSR count). The van der Waals surface area contributed by atoms with E-state index in [1.807, 2.05) is 31.7 Å². The number of pyridine rings is 2. The molecule has 0 radical (unpaired) electrons. The van der Waals surface area contributed by atoms with Crippen molar-refractivity contribution >= 4 is 11.8 Å². The number of rotatable bonds is 7. The van der Waals surface area contributed by atoms with Crippen molar-refractivity contribution in [3.63, 3.8) is 0 Å². The Hall–Kier alpha value is -2.96. The minimum atomic E-state index is -0.113. The summed E-state index contributed by atoms with van der Waals surface area (Å²) >= 11 is 0. The van der Waals surface area contributed by atoms with E-state index in [-0.39, 0.29) is 17.9 Å². The molecule has 154 valence electrons. The van der Waals surface area contributed by atoms with Gasteiger partial charge in [-0.15, -0.1) is 0 Å². The van der Waals surface area contributed by atoms with E-state index >= 15 is 0 Å². The lowest BCUT2D eigenvalue weighted by atomic mass is 9.99. The fraction of sp³-hybridized carbons (Fsp3) is 0.455. The zero-order valence-corrected chi connectivity index (χ0v) is 17.2. The molecule has 0 aliphatic carbocycles. The lowest BCUT2D eigenvalue weighted by Gasteiger charge is -2.18. The molecule has 0 aromatic carbocycles. The first-order valence-electron chi connectivity index (χ1n) is 10.1. The van der Waals surface area contributed by atoms with E-state index in [9.17, 15) is 9.59 Å². The highest BCUT2D eigenvalue weighted by Gasteiger charge is 2.29. The third kappa shape index (κ3) is 5.31. The largest absolute Gasteiger partial charge is 0.477 e. The van der Waals surface area contributed by atoms with Crippen molar-refractivity contribution in [2.24, 2.45) is 5.92 Å². The van der Waals surface area contributed by atoms with Crippen LogP contribution in [-0.2, 0) is 6.42 Å². The van der Waals surface area contributed by atoms with Crippen molar-refractivity contribution in [3.8, 4) is 5.88 Å². The van der Waals surface area contributed by atoms with Crippen LogP contribution >= 0.6 is 0 Å². The molecule has 0 saturated carbocycles. The molecule has 1 unspecified atom stereocenters. The minimum absolute atomic E-state index is 0.0489. The first-order chi connectivity index (χ1) is 14.0. The minimum Gasteiger partial charge on any atom is -0.477 e. The van der Waals surface area contributed by atoms with Gasteiger partial charge in [0.15, 0.2) is 0 Å². The summed E-state index contributed by atoms with van der Waals surface area (Å²) < 4.78 is 5.50. The number of aromatic nitrogens is 2. The van der Waals surface area contributed by atoms with Crippen molar-refractivity contribution in [2.75, 3.05) is 19.7 Å². The Morgan fingerprint density at radius 3 is 2.93 bits per heavy atom. The summed E-state index contributed by atoms with van der Waals surface area (Å²) in [6.45, 7) is 7.57. The van der Waals surface area contributed by atoms with Gasteiger partial charge in [0.05, 0.1) is 12.2 Å². The van der Waals surface area contributed by atoms with E-state index in [2.05, 4.69) is 15.3 Å². The van der Waals surface area contributed by atoms with E-state index in [1.54, 1.807) is 30.7 Å². The highest BCUT2D eigenvalue weighted by molar-refractivity contribution is 5.96. The molecule has 1 aliphatic rings. The third-order valence-electron chi connectivity index (χ3n) is 4.86. The Balaban J connectivity index is 1.63. The average Bonchev–Trinajstić information content (AvgIpc) is 3.16. The van der Waals surface area contributed by atoms with E-state index in [4.69, 9.17) is 4.74 Å². The van der Waals surface area contributed by atoms with E-state index in [1.165, 1.54) is 0 Å². The Morgan fingerprint density at radius 1 is 1.34 bits per heavy atom. The van der Waals surface area contributed by atoms with E-state index in [0.29, 0.717) is 42.6 Å². The smallest absolute Gasteiger partial charge is 0.259 e. The summed E-state index contributed by atoms with van der Waals surface area (Å²) in [5, 5.41) is 2.89. The van der Waals surface area contributed by atoms with Gasteiger partial charge in [-0.25, -0.2) is 4.98 Å². The lowest BCUT2D eigenvalue weighted by molar-refractivity contribution is 0.0781. The summed E-state index contributed by atoms with van der Waals surface area (Å²) in [6.07, 6.45) is 6.71. The van der Waals surface area contributed by atoms with Gasteiger partial charge in [0.1, 0.15) is 5.56 Å². The molecule has 1 aliphatic heterocycles. The predicted molar refractivity (Wildman–Crippen MR) is 110 cm³/mol. The molecule has 1 fully saturated rings. The normalized spacial score (nSPS) is 16.1. The Bertz CT molecular complexity index is 869. The highest BCUT2D eigenvalue weighted by atomic mass is 16.5. The molecule has 29 heavy (non-hydrogen) atoms. The van der Waals surface area contributed by atoms with Gasteiger partial charge in [-0.3, -0.25) is 14.6 Å². The number of carbonyl (C=O) groups is 2. The van der Waals surface area contributed by atoms with Crippen molar-refractivity contribution in [1.82, 2.24) is 20.2 Å². The van der Waals surface area contributed by atoms with Gasteiger partial charge in [0.2, 0.25) is 5.88 Å². The van der Waals surface area contributed by atoms with Crippen molar-refractivity contribution < 1.29 is 14.3 Å². The van der Waals surface area contributed by atoms with Gasteiger partial charge in [-0.1, -0.05) is 0 Å². The zero-order chi connectivity index (χ0) is 20.8. The quantitative estimate of drug-likeness (QED) is 0.778. The molecule has 2 amide bonds. The summed E-state index contributed by atoms with van der Waals surface area (Å²) in [5.74, 6) is 0.553. The van der Waals surface area contributed by atoms with Crippen LogP contribution in [0.5, 0.6) is 5.88 Å². The van der Waals surface area contributed by atoms with Crippen molar-refractivity contribution in [2.45, 2.75) is 39.7 Å². The van der Waals surface area contributed by atoms with Gasteiger partial charge in [-0.2, -0.15) is 0 Å². The molecule has 1 atom stereocenters. The van der Waals surface area contributed by atoms with Crippen LogP contribution in [0.15, 0.2) is 36.8 Å². The molecule has 7 nitrogen and oxygen atoms in total. The highest BCUT2D eigenvalue weighted by Crippen LogP contribution is 2.25. The number of nitrogens with zero attached hydrogens (tertiary/aromatic N) is 3. The van der Waals surface area contributed by atoms with Gasteiger partial charge >= 0.3 is 0 Å². The maximum atomic E-state index is 12.9. The summed E-state index contributed by atoms with van der Waals surface area (Å²) in [5.41, 5.74) is 2.08. The van der Waals surface area contributed by atoms with Crippen LogP contribution < -0.4 is 10.1 Å². The van der Waals surface area contributed by atoms with Crippen LogP contribution in [0, 0.1) is 5.92 Å². The van der Waals surface area contributed by atoms with Crippen LogP contribution in [0.3, 0.4) is 0 Å². The summed E-state index contributed by atoms with van der Waals surface area (Å²) in [7, 11) is 0. The monoisotopic (exact) mass is 396 g/mol. The predicted octanol–water partition coefficient (Wildman–Crippen LogP) is 2.72. The second-order valence-corrected chi connectivity index (χ2v) is 7.61. The van der Waals surface area contributed by atoms with Crippen LogP contribution in [0.25, 0.3) is 0 Å². The maximum absolute atomic E-state index is 12.9. The van der Waals surface area contributed by atoms with E-state index in [0.717, 1.165) is 18.4 Å². The summed E-state index contributed by atoms with van der Waals surface area (Å²) in [4.78, 5) is 35.4. The third-order valence-corrected chi connectivity index (χ3v) is 4.86. The number of carbonyl (C=O) groups excluding carboxylic acids is 2. The lowest BCUT2D eigenvalue weighted by Crippen LogP contribution is -2.30. The molecule has 1 N–H and O–H groups in total. The first kappa shape index (κ1) is 20.8. The number of hydrogen-bond donors (Lipinski definition) is 1. The number of nitrogens with one attached hydrogen (secondary N) is 1. The van der Waals surface area contributed by atoms with Crippen LogP contribution in [0.2, 0.25) is 0 Å². The van der Waals surface area contributed by atoms with Gasteiger partial charge < -0.3 is 15.0 Å². The number of ether oxygens (including phenoxy) is 1. The molecule has 3 heterocycles. The first-order valence-corrected chi connectivity index (χ1v) is 10.1. The second kappa shape index (κ2) is 9.49. The van der Waals surface area contributed by atoms with Gasteiger partial charge in [0.25, 0.3) is 11.8 Å². The Labute approximate surface area is 171 Å². The topological polar surface area (TPSA) is 84.4 Å². The molecule has 7 heteroatoms. The van der Waals surface area contributed by atoms with Gasteiger partial charge in [0, 0.05) is 37.7 Å². The molecule has 0 bridgehead atoms. The number of hydrogen-bond acceptors (Lipinski definition) is 5. The SMILES string of the molecule is CCOc1ncccc1C(=O)N1CCC(Cc2cncc(C(=O)NC(C)C)c2)C1. The molecule has 1 saturated heterocycles.